The van der Waals surface area contributed by atoms with Gasteiger partial charge in [-0.3, -0.25) is 9.69 Å². The summed E-state index contributed by atoms with van der Waals surface area (Å²) in [5, 5.41) is 7.00. The van der Waals surface area contributed by atoms with Gasteiger partial charge in [0.25, 0.3) is 0 Å². The average molecular weight is 362 g/mol. The molecule has 0 aliphatic carbocycles. The van der Waals surface area contributed by atoms with Crippen molar-refractivity contribution in [2.75, 3.05) is 45.9 Å². The lowest BCUT2D eigenvalue weighted by atomic mass is 10.0. The number of nitrogens with zero attached hydrogens (tertiary/aromatic N) is 1. The number of amides is 1. The Morgan fingerprint density at radius 2 is 2.35 bits per heavy atom. The summed E-state index contributed by atoms with van der Waals surface area (Å²) in [6.45, 7) is 6.68. The van der Waals surface area contributed by atoms with E-state index in [2.05, 4.69) is 21.6 Å². The third-order valence-electron chi connectivity index (χ3n) is 3.71. The minimum absolute atomic E-state index is 0. The SMILES string of the molecule is CCOCCNC(=O)CN1CCNCC1c1cccc(Cl)c1.Cl. The molecule has 1 aliphatic rings. The Morgan fingerprint density at radius 1 is 1.52 bits per heavy atom. The van der Waals surface area contributed by atoms with Gasteiger partial charge in [0.1, 0.15) is 0 Å². The van der Waals surface area contributed by atoms with Crippen LogP contribution in [0.5, 0.6) is 0 Å². The van der Waals surface area contributed by atoms with E-state index in [9.17, 15) is 4.79 Å². The Morgan fingerprint density at radius 3 is 3.09 bits per heavy atom. The first kappa shape index (κ1) is 20.2. The summed E-state index contributed by atoms with van der Waals surface area (Å²) < 4.78 is 5.22. The standard InChI is InChI=1S/C16H24ClN3O2.ClH/c1-2-22-9-7-19-16(21)12-20-8-6-18-11-15(20)13-4-3-5-14(17)10-13;/h3-5,10,15,18H,2,6-9,11-12H2,1H3,(H,19,21);1H. The van der Waals surface area contributed by atoms with E-state index in [1.54, 1.807) is 0 Å². The minimum Gasteiger partial charge on any atom is -0.380 e. The Kier molecular flexibility index (Phi) is 9.52. The minimum atomic E-state index is 0. The van der Waals surface area contributed by atoms with Gasteiger partial charge in [0, 0.05) is 43.9 Å². The molecule has 1 heterocycles. The molecule has 0 spiro atoms. The van der Waals surface area contributed by atoms with Crippen LogP contribution in [0.3, 0.4) is 0 Å². The molecule has 1 saturated heterocycles. The number of ether oxygens (including phenoxy) is 1. The van der Waals surface area contributed by atoms with Crippen LogP contribution < -0.4 is 10.6 Å². The van der Waals surface area contributed by atoms with Crippen LogP contribution in [0.2, 0.25) is 5.02 Å². The Balaban J connectivity index is 0.00000264. The maximum Gasteiger partial charge on any atom is 0.234 e. The summed E-state index contributed by atoms with van der Waals surface area (Å²) in [4.78, 5) is 14.3. The van der Waals surface area contributed by atoms with E-state index in [0.29, 0.717) is 26.3 Å². The van der Waals surface area contributed by atoms with Crippen LogP contribution in [0.4, 0.5) is 0 Å². The summed E-state index contributed by atoms with van der Waals surface area (Å²) in [5.41, 5.74) is 1.14. The molecule has 5 nitrogen and oxygen atoms in total. The van der Waals surface area contributed by atoms with E-state index >= 15 is 0 Å². The van der Waals surface area contributed by atoms with Gasteiger partial charge < -0.3 is 15.4 Å². The normalized spacial score (nSPS) is 18.3. The van der Waals surface area contributed by atoms with Crippen molar-refractivity contribution in [1.29, 1.82) is 0 Å². The monoisotopic (exact) mass is 361 g/mol. The predicted octanol–water partition coefficient (Wildman–Crippen LogP) is 1.86. The lowest BCUT2D eigenvalue weighted by Gasteiger charge is -2.36. The first-order valence-corrected chi connectivity index (χ1v) is 8.13. The second-order valence-electron chi connectivity index (χ2n) is 5.29. The molecule has 2 N–H and O–H groups in total. The van der Waals surface area contributed by atoms with E-state index < -0.39 is 0 Å². The maximum atomic E-state index is 12.1. The summed E-state index contributed by atoms with van der Waals surface area (Å²) in [5.74, 6) is 0.0358. The molecule has 130 valence electrons. The maximum absolute atomic E-state index is 12.1. The van der Waals surface area contributed by atoms with Crippen molar-refractivity contribution in [1.82, 2.24) is 15.5 Å². The highest BCUT2D eigenvalue weighted by molar-refractivity contribution is 6.30. The summed E-state index contributed by atoms with van der Waals surface area (Å²) in [7, 11) is 0. The molecule has 2 rings (SSSR count). The first-order valence-electron chi connectivity index (χ1n) is 7.75. The van der Waals surface area contributed by atoms with Gasteiger partial charge in [-0.15, -0.1) is 12.4 Å². The lowest BCUT2D eigenvalue weighted by Crippen LogP contribution is -2.49. The number of carbonyl (C=O) groups is 1. The number of rotatable bonds is 7. The van der Waals surface area contributed by atoms with Crippen LogP contribution in [-0.2, 0) is 9.53 Å². The van der Waals surface area contributed by atoms with Gasteiger partial charge in [0.15, 0.2) is 0 Å². The lowest BCUT2D eigenvalue weighted by molar-refractivity contribution is -0.123. The molecule has 0 saturated carbocycles. The van der Waals surface area contributed by atoms with Crippen LogP contribution in [0, 0.1) is 0 Å². The van der Waals surface area contributed by atoms with Gasteiger partial charge in [0.05, 0.1) is 13.2 Å². The quantitative estimate of drug-likeness (QED) is 0.727. The van der Waals surface area contributed by atoms with Crippen LogP contribution in [0.25, 0.3) is 0 Å². The van der Waals surface area contributed by atoms with Gasteiger partial charge in [-0.25, -0.2) is 0 Å². The zero-order chi connectivity index (χ0) is 15.8. The number of nitrogens with one attached hydrogen (secondary N) is 2. The zero-order valence-corrected chi connectivity index (χ0v) is 15.0. The number of hydrogen-bond donors (Lipinski definition) is 2. The highest BCUT2D eigenvalue weighted by Crippen LogP contribution is 2.24. The molecule has 1 aromatic rings. The second kappa shape index (κ2) is 10.8. The molecule has 1 fully saturated rings. The topological polar surface area (TPSA) is 53.6 Å². The van der Waals surface area contributed by atoms with Crippen molar-refractivity contribution in [2.24, 2.45) is 0 Å². The summed E-state index contributed by atoms with van der Waals surface area (Å²) in [6, 6.07) is 8.02. The van der Waals surface area contributed by atoms with Crippen LogP contribution in [0.1, 0.15) is 18.5 Å². The van der Waals surface area contributed by atoms with Gasteiger partial charge >= 0.3 is 0 Å². The second-order valence-corrected chi connectivity index (χ2v) is 5.73. The van der Waals surface area contributed by atoms with E-state index in [4.69, 9.17) is 16.3 Å². The third-order valence-corrected chi connectivity index (χ3v) is 3.94. The summed E-state index contributed by atoms with van der Waals surface area (Å²) >= 11 is 6.08. The molecule has 1 unspecified atom stereocenters. The van der Waals surface area contributed by atoms with Gasteiger partial charge in [0.2, 0.25) is 5.91 Å². The van der Waals surface area contributed by atoms with E-state index in [0.717, 1.165) is 30.2 Å². The zero-order valence-electron chi connectivity index (χ0n) is 13.4. The molecule has 0 radical (unpaired) electrons. The fourth-order valence-electron chi connectivity index (χ4n) is 2.63. The Bertz CT molecular complexity index is 488. The van der Waals surface area contributed by atoms with Crippen molar-refractivity contribution in [3.05, 3.63) is 34.9 Å². The molecule has 1 amide bonds. The molecule has 7 heteroatoms. The number of benzene rings is 1. The van der Waals surface area contributed by atoms with Crippen molar-refractivity contribution in [2.45, 2.75) is 13.0 Å². The van der Waals surface area contributed by atoms with Crippen LogP contribution in [0.15, 0.2) is 24.3 Å². The molecule has 1 aromatic carbocycles. The Hall–Kier alpha value is -0.850. The van der Waals surface area contributed by atoms with Crippen molar-refractivity contribution in [3.8, 4) is 0 Å². The van der Waals surface area contributed by atoms with Crippen LogP contribution >= 0.6 is 24.0 Å². The van der Waals surface area contributed by atoms with Crippen molar-refractivity contribution >= 4 is 29.9 Å². The van der Waals surface area contributed by atoms with Gasteiger partial charge in [-0.05, 0) is 24.6 Å². The smallest absolute Gasteiger partial charge is 0.234 e. The number of hydrogen-bond acceptors (Lipinski definition) is 4. The molecule has 1 atom stereocenters. The number of carbonyl (C=O) groups excluding carboxylic acids is 1. The summed E-state index contributed by atoms with van der Waals surface area (Å²) in [6.07, 6.45) is 0. The fraction of sp³-hybridized carbons (Fsp3) is 0.562. The predicted molar refractivity (Wildman–Crippen MR) is 95.4 cm³/mol. The molecular weight excluding hydrogens is 337 g/mol. The number of piperazine rings is 1. The van der Waals surface area contributed by atoms with Gasteiger partial charge in [-0.2, -0.15) is 0 Å². The van der Waals surface area contributed by atoms with E-state index in [-0.39, 0.29) is 24.4 Å². The van der Waals surface area contributed by atoms with Gasteiger partial charge in [-0.1, -0.05) is 23.7 Å². The molecular formula is C16H25Cl2N3O2. The number of halogens is 2. The molecule has 0 aromatic heterocycles. The Labute approximate surface area is 149 Å². The fourth-order valence-corrected chi connectivity index (χ4v) is 2.82. The molecule has 0 bridgehead atoms. The first-order chi connectivity index (χ1) is 10.7. The largest absolute Gasteiger partial charge is 0.380 e. The van der Waals surface area contributed by atoms with Crippen molar-refractivity contribution in [3.63, 3.8) is 0 Å². The third kappa shape index (κ3) is 6.65. The van der Waals surface area contributed by atoms with Crippen molar-refractivity contribution < 1.29 is 9.53 Å². The molecule has 23 heavy (non-hydrogen) atoms. The van der Waals surface area contributed by atoms with Crippen LogP contribution in [-0.4, -0.2) is 56.7 Å². The highest BCUT2D eigenvalue weighted by Gasteiger charge is 2.25. The van der Waals surface area contributed by atoms with E-state index in [1.165, 1.54) is 0 Å². The van der Waals surface area contributed by atoms with E-state index in [1.807, 2.05) is 25.1 Å². The average Bonchev–Trinajstić information content (AvgIpc) is 2.52. The highest BCUT2D eigenvalue weighted by atomic mass is 35.5. The molecule has 1 aliphatic heterocycles.